The number of carbonyl (C=O) groups is 1. The van der Waals surface area contributed by atoms with Gasteiger partial charge in [-0.15, -0.1) is 0 Å². The minimum atomic E-state index is -4.49. The SMILES string of the molecule is CCCCCCC/C=C\CCCCCCCCOCC(COP(=O)([O-])OCC[N+](C)(C)C)OC(=O)CCCC. The van der Waals surface area contributed by atoms with Gasteiger partial charge in [0.1, 0.15) is 19.3 Å². The van der Waals surface area contributed by atoms with E-state index in [4.69, 9.17) is 18.5 Å². The van der Waals surface area contributed by atoms with Gasteiger partial charge in [0.25, 0.3) is 7.82 Å². The van der Waals surface area contributed by atoms with E-state index in [1.54, 1.807) is 0 Å². The Morgan fingerprint density at radius 3 is 1.92 bits per heavy atom. The molecule has 232 valence electrons. The Kier molecular flexibility index (Phi) is 24.5. The summed E-state index contributed by atoms with van der Waals surface area (Å²) in [6.07, 6.45) is 21.8. The van der Waals surface area contributed by atoms with Crippen LogP contribution < -0.4 is 4.89 Å². The smallest absolute Gasteiger partial charge is 0.306 e. The van der Waals surface area contributed by atoms with Gasteiger partial charge < -0.3 is 27.9 Å². The predicted molar refractivity (Wildman–Crippen MR) is 157 cm³/mol. The minimum Gasteiger partial charge on any atom is -0.756 e. The highest BCUT2D eigenvalue weighted by Crippen LogP contribution is 2.38. The molecule has 0 heterocycles. The molecule has 0 N–H and O–H groups in total. The Morgan fingerprint density at radius 1 is 0.769 bits per heavy atom. The first-order valence-corrected chi connectivity index (χ1v) is 16.9. The highest BCUT2D eigenvalue weighted by molar-refractivity contribution is 7.45. The van der Waals surface area contributed by atoms with Crippen molar-refractivity contribution >= 4 is 13.8 Å². The van der Waals surface area contributed by atoms with Crippen LogP contribution in [0.5, 0.6) is 0 Å². The van der Waals surface area contributed by atoms with Crippen LogP contribution in [0.15, 0.2) is 12.2 Å². The molecule has 0 saturated heterocycles. The Balaban J connectivity index is 4.06. The van der Waals surface area contributed by atoms with Crippen LogP contribution in [0.2, 0.25) is 0 Å². The van der Waals surface area contributed by atoms with Crippen LogP contribution in [0.25, 0.3) is 0 Å². The number of phosphoric ester groups is 1. The molecule has 2 atom stereocenters. The molecule has 0 aromatic carbocycles. The van der Waals surface area contributed by atoms with E-state index in [2.05, 4.69) is 19.1 Å². The molecular weight excluding hydrogens is 517 g/mol. The van der Waals surface area contributed by atoms with Gasteiger partial charge >= 0.3 is 5.97 Å². The molecule has 0 saturated carbocycles. The quantitative estimate of drug-likeness (QED) is 0.0326. The first kappa shape index (κ1) is 38.2. The van der Waals surface area contributed by atoms with Gasteiger partial charge in [-0.05, 0) is 38.5 Å². The molecule has 9 heteroatoms. The van der Waals surface area contributed by atoms with E-state index in [0.717, 1.165) is 25.7 Å². The number of likely N-dealkylation sites (N-methyl/N-ethyl adjacent to an activating group) is 1. The van der Waals surface area contributed by atoms with Crippen molar-refractivity contribution < 1.29 is 37.3 Å². The van der Waals surface area contributed by atoms with Crippen LogP contribution in [0, 0.1) is 0 Å². The second-order valence-electron chi connectivity index (χ2n) is 11.5. The van der Waals surface area contributed by atoms with E-state index in [1.807, 2.05) is 28.1 Å². The fraction of sp³-hybridized carbons (Fsp3) is 0.900. The zero-order valence-electron chi connectivity index (χ0n) is 25.8. The third-order valence-corrected chi connectivity index (χ3v) is 7.28. The molecule has 0 amide bonds. The molecule has 2 unspecified atom stereocenters. The van der Waals surface area contributed by atoms with Gasteiger partial charge in [-0.3, -0.25) is 9.36 Å². The summed E-state index contributed by atoms with van der Waals surface area (Å²) in [7, 11) is 1.35. The summed E-state index contributed by atoms with van der Waals surface area (Å²) < 4.78 is 33.7. The molecule has 0 rings (SSSR count). The summed E-state index contributed by atoms with van der Waals surface area (Å²) >= 11 is 0. The van der Waals surface area contributed by atoms with Crippen molar-refractivity contribution in [1.82, 2.24) is 0 Å². The van der Waals surface area contributed by atoms with E-state index in [-0.39, 0.29) is 32.2 Å². The van der Waals surface area contributed by atoms with Gasteiger partial charge in [-0.2, -0.15) is 0 Å². The lowest BCUT2D eigenvalue weighted by molar-refractivity contribution is -0.870. The largest absolute Gasteiger partial charge is 0.756 e. The minimum absolute atomic E-state index is 0.0254. The molecule has 0 spiro atoms. The number of nitrogens with zero attached hydrogens (tertiary/aromatic N) is 1. The lowest BCUT2D eigenvalue weighted by Gasteiger charge is -2.28. The van der Waals surface area contributed by atoms with E-state index >= 15 is 0 Å². The van der Waals surface area contributed by atoms with Crippen molar-refractivity contribution in [3.63, 3.8) is 0 Å². The number of hydrogen-bond acceptors (Lipinski definition) is 7. The average molecular weight is 578 g/mol. The molecule has 0 aromatic rings. The van der Waals surface area contributed by atoms with Crippen LogP contribution in [0.4, 0.5) is 0 Å². The molecule has 0 bridgehead atoms. The second-order valence-corrected chi connectivity index (χ2v) is 12.9. The second kappa shape index (κ2) is 25.0. The van der Waals surface area contributed by atoms with E-state index in [1.165, 1.54) is 70.6 Å². The predicted octanol–water partition coefficient (Wildman–Crippen LogP) is 6.96. The topological polar surface area (TPSA) is 94.1 Å². The zero-order chi connectivity index (χ0) is 29.2. The van der Waals surface area contributed by atoms with Gasteiger partial charge in [0.15, 0.2) is 0 Å². The lowest BCUT2D eigenvalue weighted by Crippen LogP contribution is -2.37. The normalized spacial score (nSPS) is 14.5. The monoisotopic (exact) mass is 577 g/mol. The van der Waals surface area contributed by atoms with Crippen LogP contribution in [-0.2, 0) is 27.9 Å². The number of ether oxygens (including phenoxy) is 2. The number of esters is 1. The summed E-state index contributed by atoms with van der Waals surface area (Å²) in [6.45, 7) is 5.12. The molecule has 0 aliphatic carbocycles. The third kappa shape index (κ3) is 28.6. The van der Waals surface area contributed by atoms with Crippen LogP contribution in [-0.4, -0.2) is 70.7 Å². The van der Waals surface area contributed by atoms with Crippen molar-refractivity contribution in [3.05, 3.63) is 12.2 Å². The summed E-state index contributed by atoms with van der Waals surface area (Å²) in [4.78, 5) is 24.2. The third-order valence-electron chi connectivity index (χ3n) is 6.32. The summed E-state index contributed by atoms with van der Waals surface area (Å²) in [5, 5.41) is 0. The average Bonchev–Trinajstić information content (AvgIpc) is 2.86. The fourth-order valence-corrected chi connectivity index (χ4v) is 4.54. The number of allylic oxidation sites excluding steroid dienone is 2. The van der Waals surface area contributed by atoms with Crippen molar-refractivity contribution in [2.24, 2.45) is 0 Å². The van der Waals surface area contributed by atoms with Crippen molar-refractivity contribution in [3.8, 4) is 0 Å². The number of carbonyl (C=O) groups excluding carboxylic acids is 1. The van der Waals surface area contributed by atoms with E-state index in [0.29, 0.717) is 17.6 Å². The van der Waals surface area contributed by atoms with E-state index < -0.39 is 13.9 Å². The van der Waals surface area contributed by atoms with Gasteiger partial charge in [0, 0.05) is 13.0 Å². The van der Waals surface area contributed by atoms with Gasteiger partial charge in [-0.1, -0.05) is 83.8 Å². The maximum Gasteiger partial charge on any atom is 0.306 e. The van der Waals surface area contributed by atoms with E-state index in [9.17, 15) is 14.3 Å². The van der Waals surface area contributed by atoms with Crippen molar-refractivity contribution in [1.29, 1.82) is 0 Å². The summed E-state index contributed by atoms with van der Waals surface area (Å²) in [5.41, 5.74) is 0. The van der Waals surface area contributed by atoms with Crippen molar-refractivity contribution in [2.75, 3.05) is 54.1 Å². The molecular formula is C30H60NO7P. The molecule has 0 aromatic heterocycles. The number of phosphoric acid groups is 1. The Hall–Kier alpha value is -0.760. The van der Waals surface area contributed by atoms with Gasteiger partial charge in [0.2, 0.25) is 0 Å². The maximum atomic E-state index is 12.1. The Bertz CT molecular complexity index is 652. The molecule has 0 radical (unpaired) electrons. The van der Waals surface area contributed by atoms with Gasteiger partial charge in [0.05, 0.1) is 34.4 Å². The summed E-state index contributed by atoms with van der Waals surface area (Å²) in [6, 6.07) is 0. The number of quaternary nitrogens is 1. The Labute approximate surface area is 240 Å². The molecule has 39 heavy (non-hydrogen) atoms. The molecule has 0 aliphatic heterocycles. The lowest BCUT2D eigenvalue weighted by atomic mass is 10.1. The first-order chi connectivity index (χ1) is 18.6. The van der Waals surface area contributed by atoms with Crippen LogP contribution in [0.1, 0.15) is 117 Å². The molecule has 8 nitrogen and oxygen atoms in total. The zero-order valence-corrected chi connectivity index (χ0v) is 26.7. The van der Waals surface area contributed by atoms with Crippen LogP contribution in [0.3, 0.4) is 0 Å². The first-order valence-electron chi connectivity index (χ1n) is 15.4. The number of rotatable bonds is 28. The summed E-state index contributed by atoms with van der Waals surface area (Å²) in [5.74, 6) is -0.373. The highest BCUT2D eigenvalue weighted by atomic mass is 31.2. The standard InChI is InChI=1S/C30H60NO7P/c1-6-8-10-11-12-13-14-15-16-17-18-19-20-21-22-25-35-27-29(38-30(32)23-9-7-2)28-37-39(33,34)36-26-24-31(3,4)5/h14-15,29H,6-13,16-28H2,1-5H3/b15-14-. The maximum absolute atomic E-state index is 12.1. The molecule has 0 aliphatic rings. The fourth-order valence-electron chi connectivity index (χ4n) is 3.81. The van der Waals surface area contributed by atoms with Crippen molar-refractivity contribution in [2.45, 2.75) is 123 Å². The highest BCUT2D eigenvalue weighted by Gasteiger charge is 2.20. The van der Waals surface area contributed by atoms with Gasteiger partial charge in [-0.25, -0.2) is 0 Å². The number of unbranched alkanes of at least 4 members (excludes halogenated alkanes) is 12. The number of hydrogen-bond donors (Lipinski definition) is 0. The van der Waals surface area contributed by atoms with Crippen LogP contribution >= 0.6 is 7.82 Å². The molecule has 0 fully saturated rings. The Morgan fingerprint density at radius 2 is 1.33 bits per heavy atom.